The molecule has 0 amide bonds. The van der Waals surface area contributed by atoms with E-state index in [1.807, 2.05) is 26.1 Å². The summed E-state index contributed by atoms with van der Waals surface area (Å²) < 4.78 is 7.59. The SMILES string of the molecule is CCc1ccc(Oc2c(CCl)c(C)nn2C)cc1. The van der Waals surface area contributed by atoms with E-state index in [1.54, 1.807) is 4.68 Å². The first-order chi connectivity index (χ1) is 8.65. The molecule has 2 aromatic rings. The molecule has 0 aliphatic heterocycles. The van der Waals surface area contributed by atoms with E-state index in [9.17, 15) is 0 Å². The van der Waals surface area contributed by atoms with Crippen LogP contribution in [0.15, 0.2) is 24.3 Å². The molecule has 0 atom stereocenters. The maximum absolute atomic E-state index is 5.93. The number of hydrogen-bond donors (Lipinski definition) is 0. The van der Waals surface area contributed by atoms with Gasteiger partial charge in [0.2, 0.25) is 5.88 Å². The number of aryl methyl sites for hydroxylation is 3. The number of halogens is 1. The van der Waals surface area contributed by atoms with Crippen molar-refractivity contribution in [3.8, 4) is 11.6 Å². The summed E-state index contributed by atoms with van der Waals surface area (Å²) in [6.07, 6.45) is 1.03. The molecule has 96 valence electrons. The molecule has 0 unspecified atom stereocenters. The summed E-state index contributed by atoms with van der Waals surface area (Å²) in [6, 6.07) is 8.08. The Bertz CT molecular complexity index is 531. The van der Waals surface area contributed by atoms with Crippen molar-refractivity contribution < 1.29 is 4.74 Å². The van der Waals surface area contributed by atoms with Crippen LogP contribution in [-0.2, 0) is 19.3 Å². The van der Waals surface area contributed by atoms with Crippen LogP contribution in [0.1, 0.15) is 23.7 Å². The Morgan fingerprint density at radius 1 is 1.28 bits per heavy atom. The maximum Gasteiger partial charge on any atom is 0.222 e. The highest BCUT2D eigenvalue weighted by Gasteiger charge is 2.14. The van der Waals surface area contributed by atoms with E-state index in [2.05, 4.69) is 24.2 Å². The van der Waals surface area contributed by atoms with Crippen LogP contribution < -0.4 is 4.74 Å². The van der Waals surface area contributed by atoms with E-state index in [-0.39, 0.29) is 0 Å². The van der Waals surface area contributed by atoms with Crippen molar-refractivity contribution in [3.63, 3.8) is 0 Å². The molecule has 0 radical (unpaired) electrons. The summed E-state index contributed by atoms with van der Waals surface area (Å²) >= 11 is 5.93. The summed E-state index contributed by atoms with van der Waals surface area (Å²) in [5.41, 5.74) is 3.15. The zero-order valence-electron chi connectivity index (χ0n) is 10.9. The minimum Gasteiger partial charge on any atom is -0.439 e. The van der Waals surface area contributed by atoms with Crippen LogP contribution in [0.3, 0.4) is 0 Å². The van der Waals surface area contributed by atoms with Crippen molar-refractivity contribution in [2.75, 3.05) is 0 Å². The van der Waals surface area contributed by atoms with Gasteiger partial charge >= 0.3 is 0 Å². The topological polar surface area (TPSA) is 27.1 Å². The summed E-state index contributed by atoms with van der Waals surface area (Å²) in [4.78, 5) is 0. The Morgan fingerprint density at radius 3 is 2.50 bits per heavy atom. The quantitative estimate of drug-likeness (QED) is 0.785. The zero-order chi connectivity index (χ0) is 13.1. The van der Waals surface area contributed by atoms with Crippen LogP contribution in [0.5, 0.6) is 11.6 Å². The summed E-state index contributed by atoms with van der Waals surface area (Å²) in [5.74, 6) is 1.93. The molecule has 0 saturated heterocycles. The van der Waals surface area contributed by atoms with Crippen molar-refractivity contribution in [2.24, 2.45) is 7.05 Å². The fourth-order valence-electron chi connectivity index (χ4n) is 1.87. The van der Waals surface area contributed by atoms with Gasteiger partial charge in [-0.1, -0.05) is 19.1 Å². The van der Waals surface area contributed by atoms with E-state index in [4.69, 9.17) is 16.3 Å². The first kappa shape index (κ1) is 13.0. The molecule has 18 heavy (non-hydrogen) atoms. The van der Waals surface area contributed by atoms with Gasteiger partial charge in [-0.2, -0.15) is 5.10 Å². The third-order valence-electron chi connectivity index (χ3n) is 2.97. The van der Waals surface area contributed by atoms with Gasteiger partial charge in [0.25, 0.3) is 0 Å². The molecule has 0 N–H and O–H groups in total. The van der Waals surface area contributed by atoms with E-state index in [1.165, 1.54) is 5.56 Å². The molecule has 0 saturated carbocycles. The molecule has 0 fully saturated rings. The molecule has 2 rings (SSSR count). The molecule has 0 aliphatic rings. The second-order valence-electron chi connectivity index (χ2n) is 4.23. The van der Waals surface area contributed by atoms with E-state index < -0.39 is 0 Å². The van der Waals surface area contributed by atoms with Gasteiger partial charge < -0.3 is 4.74 Å². The number of aromatic nitrogens is 2. The van der Waals surface area contributed by atoms with Crippen LogP contribution >= 0.6 is 11.6 Å². The predicted octanol–water partition coefficient (Wildman–Crippen LogP) is 3.82. The second kappa shape index (κ2) is 5.44. The molecule has 3 nitrogen and oxygen atoms in total. The van der Waals surface area contributed by atoms with Crippen molar-refractivity contribution in [2.45, 2.75) is 26.1 Å². The van der Waals surface area contributed by atoms with E-state index in [0.717, 1.165) is 23.4 Å². The Kier molecular flexibility index (Phi) is 3.92. The van der Waals surface area contributed by atoms with Gasteiger partial charge in [0.15, 0.2) is 0 Å². The van der Waals surface area contributed by atoms with Crippen LogP contribution in [0.2, 0.25) is 0 Å². The average molecular weight is 265 g/mol. The normalized spacial score (nSPS) is 10.7. The molecule has 0 spiro atoms. The smallest absolute Gasteiger partial charge is 0.222 e. The third kappa shape index (κ3) is 2.51. The molecule has 1 aromatic carbocycles. The highest BCUT2D eigenvalue weighted by atomic mass is 35.5. The van der Waals surface area contributed by atoms with Gasteiger partial charge in [0, 0.05) is 7.05 Å². The number of rotatable bonds is 4. The first-order valence-corrected chi connectivity index (χ1v) is 6.54. The first-order valence-electron chi connectivity index (χ1n) is 6.01. The Hall–Kier alpha value is -1.48. The monoisotopic (exact) mass is 264 g/mol. The van der Waals surface area contributed by atoms with Gasteiger partial charge in [-0.3, -0.25) is 0 Å². The lowest BCUT2D eigenvalue weighted by atomic mass is 10.2. The predicted molar refractivity (Wildman–Crippen MR) is 73.4 cm³/mol. The van der Waals surface area contributed by atoms with Crippen LogP contribution in [0.4, 0.5) is 0 Å². The standard InChI is InChI=1S/C14H17ClN2O/c1-4-11-5-7-12(8-6-11)18-14-13(9-15)10(2)16-17(14)3/h5-8H,4,9H2,1-3H3. The van der Waals surface area contributed by atoms with Gasteiger partial charge in [-0.25, -0.2) is 4.68 Å². The number of benzene rings is 1. The van der Waals surface area contributed by atoms with Crippen LogP contribution in [-0.4, -0.2) is 9.78 Å². The molecule has 0 aliphatic carbocycles. The Labute approximate surface area is 112 Å². The number of hydrogen-bond acceptors (Lipinski definition) is 2. The van der Waals surface area contributed by atoms with Gasteiger partial charge in [0.05, 0.1) is 17.1 Å². The molecule has 1 heterocycles. The summed E-state index contributed by atoms with van der Waals surface area (Å²) in [7, 11) is 1.86. The van der Waals surface area contributed by atoms with Crippen LogP contribution in [0, 0.1) is 6.92 Å². The minimum absolute atomic E-state index is 0.405. The largest absolute Gasteiger partial charge is 0.439 e. The highest BCUT2D eigenvalue weighted by Crippen LogP contribution is 2.28. The fourth-order valence-corrected chi connectivity index (χ4v) is 2.17. The molecule has 0 bridgehead atoms. The van der Waals surface area contributed by atoms with Crippen LogP contribution in [0.25, 0.3) is 0 Å². The molecular weight excluding hydrogens is 248 g/mol. The minimum atomic E-state index is 0.405. The summed E-state index contributed by atoms with van der Waals surface area (Å²) in [6.45, 7) is 4.07. The van der Waals surface area contributed by atoms with E-state index >= 15 is 0 Å². The molecule has 1 aromatic heterocycles. The lowest BCUT2D eigenvalue weighted by Gasteiger charge is -2.08. The van der Waals surface area contributed by atoms with Crippen molar-refractivity contribution in [1.29, 1.82) is 0 Å². The number of nitrogens with zero attached hydrogens (tertiary/aromatic N) is 2. The van der Waals surface area contributed by atoms with Crippen molar-refractivity contribution >= 4 is 11.6 Å². The van der Waals surface area contributed by atoms with Crippen molar-refractivity contribution in [1.82, 2.24) is 9.78 Å². The third-order valence-corrected chi connectivity index (χ3v) is 3.24. The average Bonchev–Trinajstić information content (AvgIpc) is 2.64. The summed E-state index contributed by atoms with van der Waals surface area (Å²) in [5, 5.41) is 4.32. The van der Waals surface area contributed by atoms with Gasteiger partial charge in [0.1, 0.15) is 5.75 Å². The lowest BCUT2D eigenvalue weighted by molar-refractivity contribution is 0.427. The van der Waals surface area contributed by atoms with Gasteiger partial charge in [-0.15, -0.1) is 11.6 Å². The lowest BCUT2D eigenvalue weighted by Crippen LogP contribution is -1.96. The number of alkyl halides is 1. The highest BCUT2D eigenvalue weighted by molar-refractivity contribution is 6.17. The van der Waals surface area contributed by atoms with Crippen molar-refractivity contribution in [3.05, 3.63) is 41.1 Å². The maximum atomic E-state index is 5.93. The Balaban J connectivity index is 2.27. The Morgan fingerprint density at radius 2 is 1.94 bits per heavy atom. The number of ether oxygens (including phenoxy) is 1. The van der Waals surface area contributed by atoms with E-state index in [0.29, 0.717) is 11.8 Å². The van der Waals surface area contributed by atoms with Gasteiger partial charge in [-0.05, 0) is 31.0 Å². The molecular formula is C14H17ClN2O. The second-order valence-corrected chi connectivity index (χ2v) is 4.49. The fraction of sp³-hybridized carbons (Fsp3) is 0.357. The zero-order valence-corrected chi connectivity index (χ0v) is 11.7. The molecule has 4 heteroatoms.